The second-order valence-corrected chi connectivity index (χ2v) is 9.92. The number of rotatable bonds is 7. The molecule has 2 unspecified atom stereocenters. The first-order valence-electron chi connectivity index (χ1n) is 9.75. The topological polar surface area (TPSA) is 63.7 Å². The standard InChI is InChI=1S/C23H31NO4S/c1-15(2)22-13-10-20(14-16(22)3)28-18(5)23(25)24(6)17(4)19-8-11-21(12-9-19)29(7,26)27/h8-15,17-18H,1-7H3. The van der Waals surface area contributed by atoms with E-state index in [0.29, 0.717) is 11.7 Å². The Morgan fingerprint density at radius 3 is 2.07 bits per heavy atom. The molecule has 2 rings (SSSR count). The van der Waals surface area contributed by atoms with Crippen LogP contribution in [0.1, 0.15) is 56.3 Å². The lowest BCUT2D eigenvalue weighted by atomic mass is 9.98. The van der Waals surface area contributed by atoms with Gasteiger partial charge in [-0.1, -0.05) is 32.0 Å². The van der Waals surface area contributed by atoms with Gasteiger partial charge in [-0.05, 0) is 67.6 Å². The van der Waals surface area contributed by atoms with E-state index in [1.807, 2.05) is 32.0 Å². The van der Waals surface area contributed by atoms with Gasteiger partial charge in [0.25, 0.3) is 5.91 Å². The van der Waals surface area contributed by atoms with Crippen molar-refractivity contribution < 1.29 is 17.9 Å². The van der Waals surface area contributed by atoms with Crippen LogP contribution in [0.2, 0.25) is 0 Å². The SMILES string of the molecule is Cc1cc(OC(C)C(=O)N(C)C(C)c2ccc(S(C)(=O)=O)cc2)ccc1C(C)C. The molecule has 0 aromatic heterocycles. The van der Waals surface area contributed by atoms with Crippen LogP contribution < -0.4 is 4.74 Å². The molecule has 0 spiro atoms. The average Bonchev–Trinajstić information content (AvgIpc) is 2.65. The van der Waals surface area contributed by atoms with Gasteiger partial charge in [0.1, 0.15) is 5.75 Å². The molecular formula is C23H31NO4S. The Morgan fingerprint density at radius 1 is 1.00 bits per heavy atom. The number of carbonyl (C=O) groups excluding carboxylic acids is 1. The van der Waals surface area contributed by atoms with Gasteiger partial charge in [0.05, 0.1) is 10.9 Å². The van der Waals surface area contributed by atoms with Crippen molar-refractivity contribution in [2.75, 3.05) is 13.3 Å². The average molecular weight is 418 g/mol. The quantitative estimate of drug-likeness (QED) is 0.665. The van der Waals surface area contributed by atoms with Gasteiger partial charge < -0.3 is 9.64 Å². The molecule has 0 saturated heterocycles. The third-order valence-electron chi connectivity index (χ3n) is 5.24. The molecule has 2 aromatic carbocycles. The molecule has 29 heavy (non-hydrogen) atoms. The van der Waals surface area contributed by atoms with Crippen LogP contribution in [0, 0.1) is 6.92 Å². The van der Waals surface area contributed by atoms with Gasteiger partial charge in [-0.15, -0.1) is 0 Å². The van der Waals surface area contributed by atoms with Crippen molar-refractivity contribution in [2.24, 2.45) is 0 Å². The van der Waals surface area contributed by atoms with Crippen molar-refractivity contribution in [3.63, 3.8) is 0 Å². The Kier molecular flexibility index (Phi) is 7.11. The molecule has 2 atom stereocenters. The van der Waals surface area contributed by atoms with Crippen molar-refractivity contribution in [3.05, 3.63) is 59.2 Å². The van der Waals surface area contributed by atoms with E-state index in [1.165, 1.54) is 11.8 Å². The molecule has 0 N–H and O–H groups in total. The zero-order valence-corrected chi connectivity index (χ0v) is 19.1. The Labute approximate surface area is 174 Å². The molecule has 0 aliphatic heterocycles. The number of hydrogen-bond donors (Lipinski definition) is 0. The smallest absolute Gasteiger partial charge is 0.263 e. The van der Waals surface area contributed by atoms with Gasteiger partial charge in [-0.2, -0.15) is 0 Å². The summed E-state index contributed by atoms with van der Waals surface area (Å²) in [6, 6.07) is 12.3. The summed E-state index contributed by atoms with van der Waals surface area (Å²) in [5.41, 5.74) is 3.27. The molecule has 0 heterocycles. The lowest BCUT2D eigenvalue weighted by Gasteiger charge is -2.28. The Hall–Kier alpha value is -2.34. The molecule has 0 aliphatic carbocycles. The highest BCUT2D eigenvalue weighted by Crippen LogP contribution is 2.25. The first-order valence-corrected chi connectivity index (χ1v) is 11.6. The fraction of sp³-hybridized carbons (Fsp3) is 0.435. The molecule has 0 radical (unpaired) electrons. The van der Waals surface area contributed by atoms with Crippen molar-refractivity contribution in [3.8, 4) is 5.75 Å². The summed E-state index contributed by atoms with van der Waals surface area (Å²) in [6.45, 7) is 9.98. The number of amides is 1. The summed E-state index contributed by atoms with van der Waals surface area (Å²) in [5.74, 6) is 0.964. The minimum atomic E-state index is -3.24. The summed E-state index contributed by atoms with van der Waals surface area (Å²) >= 11 is 0. The van der Waals surface area contributed by atoms with Gasteiger partial charge in [0.15, 0.2) is 15.9 Å². The zero-order valence-electron chi connectivity index (χ0n) is 18.3. The fourth-order valence-corrected chi connectivity index (χ4v) is 3.95. The summed E-state index contributed by atoms with van der Waals surface area (Å²) < 4.78 is 29.1. The van der Waals surface area contributed by atoms with Crippen molar-refractivity contribution in [2.45, 2.75) is 57.6 Å². The maximum Gasteiger partial charge on any atom is 0.263 e. The molecule has 158 valence electrons. The summed E-state index contributed by atoms with van der Waals surface area (Å²) in [4.78, 5) is 14.7. The van der Waals surface area contributed by atoms with Crippen LogP contribution in [0.3, 0.4) is 0 Å². The van der Waals surface area contributed by atoms with E-state index in [1.54, 1.807) is 43.1 Å². The number of carbonyl (C=O) groups is 1. The highest BCUT2D eigenvalue weighted by molar-refractivity contribution is 7.90. The van der Waals surface area contributed by atoms with E-state index in [4.69, 9.17) is 4.74 Å². The molecule has 6 heteroatoms. The predicted octanol–water partition coefficient (Wildman–Crippen LogP) is 4.51. The lowest BCUT2D eigenvalue weighted by molar-refractivity contribution is -0.138. The summed E-state index contributed by atoms with van der Waals surface area (Å²) in [7, 11) is -1.52. The molecule has 2 aromatic rings. The second-order valence-electron chi connectivity index (χ2n) is 7.90. The number of benzene rings is 2. The van der Waals surface area contributed by atoms with Crippen LogP contribution in [-0.4, -0.2) is 38.6 Å². The predicted molar refractivity (Wildman–Crippen MR) is 116 cm³/mol. The van der Waals surface area contributed by atoms with E-state index < -0.39 is 15.9 Å². The maximum atomic E-state index is 12.9. The van der Waals surface area contributed by atoms with Crippen molar-refractivity contribution in [1.82, 2.24) is 4.90 Å². The second kappa shape index (κ2) is 8.99. The third kappa shape index (κ3) is 5.60. The van der Waals surface area contributed by atoms with E-state index in [0.717, 1.165) is 11.1 Å². The van der Waals surface area contributed by atoms with E-state index >= 15 is 0 Å². The van der Waals surface area contributed by atoms with Crippen LogP contribution >= 0.6 is 0 Å². The van der Waals surface area contributed by atoms with Crippen molar-refractivity contribution >= 4 is 15.7 Å². The minimum Gasteiger partial charge on any atom is -0.481 e. The van der Waals surface area contributed by atoms with Gasteiger partial charge in [0, 0.05) is 13.3 Å². The van der Waals surface area contributed by atoms with Crippen LogP contribution in [0.25, 0.3) is 0 Å². The molecule has 0 bridgehead atoms. The van der Waals surface area contributed by atoms with Crippen LogP contribution in [0.5, 0.6) is 5.75 Å². The monoisotopic (exact) mass is 417 g/mol. The zero-order chi connectivity index (χ0) is 21.9. The number of nitrogens with zero attached hydrogens (tertiary/aromatic N) is 1. The molecule has 0 saturated carbocycles. The maximum absolute atomic E-state index is 12.9. The lowest BCUT2D eigenvalue weighted by Crippen LogP contribution is -2.39. The van der Waals surface area contributed by atoms with Gasteiger partial charge in [-0.25, -0.2) is 8.42 Å². The number of hydrogen-bond acceptors (Lipinski definition) is 4. The highest BCUT2D eigenvalue weighted by Gasteiger charge is 2.24. The Bertz CT molecular complexity index is 965. The minimum absolute atomic E-state index is 0.143. The van der Waals surface area contributed by atoms with E-state index in [2.05, 4.69) is 13.8 Å². The third-order valence-corrected chi connectivity index (χ3v) is 6.37. The molecule has 1 amide bonds. The van der Waals surface area contributed by atoms with E-state index in [-0.39, 0.29) is 16.8 Å². The van der Waals surface area contributed by atoms with Crippen LogP contribution in [0.15, 0.2) is 47.4 Å². The molecule has 0 aliphatic rings. The van der Waals surface area contributed by atoms with Gasteiger partial charge in [-0.3, -0.25) is 4.79 Å². The number of sulfone groups is 1. The normalized spacial score (nSPS) is 13.8. The Balaban J connectivity index is 2.09. The molecule has 5 nitrogen and oxygen atoms in total. The number of likely N-dealkylation sites (N-methyl/N-ethyl adjacent to an activating group) is 1. The van der Waals surface area contributed by atoms with Crippen LogP contribution in [0.4, 0.5) is 0 Å². The largest absolute Gasteiger partial charge is 0.481 e. The highest BCUT2D eigenvalue weighted by atomic mass is 32.2. The Morgan fingerprint density at radius 2 is 1.59 bits per heavy atom. The van der Waals surface area contributed by atoms with E-state index in [9.17, 15) is 13.2 Å². The summed E-state index contributed by atoms with van der Waals surface area (Å²) in [6.07, 6.45) is 0.539. The van der Waals surface area contributed by atoms with Gasteiger partial charge >= 0.3 is 0 Å². The molecular weight excluding hydrogens is 386 g/mol. The summed E-state index contributed by atoms with van der Waals surface area (Å²) in [5, 5.41) is 0. The first kappa shape index (κ1) is 22.9. The first-order chi connectivity index (χ1) is 13.4. The number of aryl methyl sites for hydroxylation is 1. The van der Waals surface area contributed by atoms with Gasteiger partial charge in [0.2, 0.25) is 0 Å². The fourth-order valence-electron chi connectivity index (χ4n) is 3.32. The number of ether oxygens (including phenoxy) is 1. The molecule has 0 fully saturated rings. The van der Waals surface area contributed by atoms with Crippen LogP contribution in [-0.2, 0) is 14.6 Å². The van der Waals surface area contributed by atoms with Crippen molar-refractivity contribution in [1.29, 1.82) is 0 Å².